The first-order chi connectivity index (χ1) is 10.4. The maximum absolute atomic E-state index is 12.1. The first-order valence-electron chi connectivity index (χ1n) is 6.54. The summed E-state index contributed by atoms with van der Waals surface area (Å²) in [7, 11) is 0. The molecule has 1 fully saturated rings. The fraction of sp³-hybridized carbons (Fsp3) is 0.308. The first kappa shape index (κ1) is 14.4. The fourth-order valence-electron chi connectivity index (χ4n) is 2.20. The van der Waals surface area contributed by atoms with Crippen molar-refractivity contribution in [3.63, 3.8) is 0 Å². The van der Waals surface area contributed by atoms with E-state index in [9.17, 15) is 14.4 Å². The van der Waals surface area contributed by atoms with Crippen LogP contribution in [0, 0.1) is 0 Å². The zero-order valence-corrected chi connectivity index (χ0v) is 12.7. The molecule has 114 valence electrons. The van der Waals surface area contributed by atoms with Crippen LogP contribution < -0.4 is 10.6 Å². The predicted molar refractivity (Wildman–Crippen MR) is 80.4 cm³/mol. The van der Waals surface area contributed by atoms with Crippen molar-refractivity contribution in [3.8, 4) is 0 Å². The fourth-order valence-corrected chi connectivity index (χ4v) is 2.75. The van der Waals surface area contributed by atoms with Crippen molar-refractivity contribution < 1.29 is 14.4 Å². The second-order valence-corrected chi connectivity index (χ2v) is 5.96. The van der Waals surface area contributed by atoms with Gasteiger partial charge in [-0.05, 0) is 26.0 Å². The van der Waals surface area contributed by atoms with Crippen LogP contribution in [0.15, 0.2) is 18.2 Å². The topological polar surface area (TPSA) is 104 Å². The second-order valence-electron chi connectivity index (χ2n) is 5.43. The molecule has 0 spiro atoms. The molecule has 0 radical (unpaired) electrons. The molecule has 1 aromatic heterocycles. The van der Waals surface area contributed by atoms with Crippen LogP contribution in [-0.2, 0) is 9.59 Å². The summed E-state index contributed by atoms with van der Waals surface area (Å²) >= 11 is 1.05. The van der Waals surface area contributed by atoms with Gasteiger partial charge in [-0.15, -0.1) is 0 Å². The number of imide groups is 1. The van der Waals surface area contributed by atoms with E-state index in [1.165, 1.54) is 0 Å². The van der Waals surface area contributed by atoms with Gasteiger partial charge in [0.1, 0.15) is 23.1 Å². The van der Waals surface area contributed by atoms with Crippen LogP contribution in [-0.4, -0.2) is 43.6 Å². The molecule has 0 unspecified atom stereocenters. The van der Waals surface area contributed by atoms with Crippen LogP contribution in [0.5, 0.6) is 0 Å². The predicted octanol–water partition coefficient (Wildman–Crippen LogP) is 0.960. The molecule has 2 aromatic rings. The van der Waals surface area contributed by atoms with E-state index < -0.39 is 23.4 Å². The van der Waals surface area contributed by atoms with E-state index >= 15 is 0 Å². The monoisotopic (exact) mass is 319 g/mol. The Morgan fingerprint density at radius 2 is 2.14 bits per heavy atom. The van der Waals surface area contributed by atoms with Crippen molar-refractivity contribution in [2.45, 2.75) is 19.4 Å². The number of fused-ring (bicyclic) bond motifs is 1. The Balaban J connectivity index is 1.75. The van der Waals surface area contributed by atoms with Gasteiger partial charge in [-0.25, -0.2) is 4.79 Å². The van der Waals surface area contributed by atoms with Gasteiger partial charge in [-0.2, -0.15) is 8.75 Å². The number of nitrogens with one attached hydrogen (secondary N) is 2. The van der Waals surface area contributed by atoms with E-state index in [1.807, 2.05) is 0 Å². The average Bonchev–Trinajstić information content (AvgIpc) is 2.99. The number of amides is 4. The van der Waals surface area contributed by atoms with E-state index in [4.69, 9.17) is 0 Å². The number of carbonyl (C=O) groups excluding carboxylic acids is 3. The van der Waals surface area contributed by atoms with Crippen LogP contribution in [0.1, 0.15) is 13.8 Å². The number of anilines is 1. The number of hydrogen-bond donors (Lipinski definition) is 2. The van der Waals surface area contributed by atoms with Gasteiger partial charge in [0.25, 0.3) is 5.91 Å². The van der Waals surface area contributed by atoms with E-state index in [0.29, 0.717) is 16.7 Å². The molecule has 8 nitrogen and oxygen atoms in total. The van der Waals surface area contributed by atoms with Crippen molar-refractivity contribution >= 4 is 46.3 Å². The van der Waals surface area contributed by atoms with E-state index in [2.05, 4.69) is 19.4 Å². The zero-order chi connectivity index (χ0) is 15.9. The molecule has 2 N–H and O–H groups in total. The molecule has 1 aromatic carbocycles. The van der Waals surface area contributed by atoms with Crippen LogP contribution >= 0.6 is 11.7 Å². The van der Waals surface area contributed by atoms with Crippen LogP contribution in [0.2, 0.25) is 0 Å². The third-order valence-corrected chi connectivity index (χ3v) is 3.85. The highest BCUT2D eigenvalue weighted by atomic mass is 32.1. The highest BCUT2D eigenvalue weighted by molar-refractivity contribution is 7.00. The summed E-state index contributed by atoms with van der Waals surface area (Å²) in [5.41, 5.74) is 0.774. The van der Waals surface area contributed by atoms with Crippen LogP contribution in [0.3, 0.4) is 0 Å². The Morgan fingerprint density at radius 3 is 2.82 bits per heavy atom. The number of nitrogens with zero attached hydrogens (tertiary/aromatic N) is 3. The van der Waals surface area contributed by atoms with E-state index in [-0.39, 0.29) is 6.54 Å². The van der Waals surface area contributed by atoms with E-state index in [0.717, 1.165) is 16.6 Å². The molecule has 3 rings (SSSR count). The molecule has 4 amide bonds. The summed E-state index contributed by atoms with van der Waals surface area (Å²) in [5.74, 6) is -0.900. The smallest absolute Gasteiger partial charge is 0.324 e. The molecular formula is C13H13N5O3S. The molecule has 2 heterocycles. The molecule has 0 bridgehead atoms. The quantitative estimate of drug-likeness (QED) is 0.820. The maximum Gasteiger partial charge on any atom is 0.325 e. The van der Waals surface area contributed by atoms with Gasteiger partial charge >= 0.3 is 6.03 Å². The average molecular weight is 319 g/mol. The molecule has 0 atom stereocenters. The third-order valence-electron chi connectivity index (χ3n) is 3.31. The van der Waals surface area contributed by atoms with Crippen molar-refractivity contribution in [1.29, 1.82) is 0 Å². The van der Waals surface area contributed by atoms with Gasteiger partial charge in [0.05, 0.1) is 17.4 Å². The lowest BCUT2D eigenvalue weighted by atomic mass is 10.1. The summed E-state index contributed by atoms with van der Waals surface area (Å²) in [6.45, 7) is 2.84. The SMILES string of the molecule is CC1(C)NC(=O)N(CC(=O)Nc2cccc3nsnc23)C1=O. The lowest BCUT2D eigenvalue weighted by molar-refractivity contribution is -0.132. The van der Waals surface area contributed by atoms with E-state index in [1.54, 1.807) is 32.0 Å². The molecule has 0 saturated carbocycles. The molecular weight excluding hydrogens is 306 g/mol. The molecule has 1 aliphatic rings. The normalized spacial score (nSPS) is 16.9. The van der Waals surface area contributed by atoms with Crippen molar-refractivity contribution in [3.05, 3.63) is 18.2 Å². The van der Waals surface area contributed by atoms with Gasteiger partial charge in [0, 0.05) is 0 Å². The number of aromatic nitrogens is 2. The summed E-state index contributed by atoms with van der Waals surface area (Å²) in [5, 5.41) is 5.18. The van der Waals surface area contributed by atoms with Crippen LogP contribution in [0.4, 0.5) is 10.5 Å². The highest BCUT2D eigenvalue weighted by Crippen LogP contribution is 2.21. The summed E-state index contributed by atoms with van der Waals surface area (Å²) < 4.78 is 8.20. The first-order valence-corrected chi connectivity index (χ1v) is 7.27. The summed E-state index contributed by atoms with van der Waals surface area (Å²) in [4.78, 5) is 36.8. The zero-order valence-electron chi connectivity index (χ0n) is 11.9. The minimum atomic E-state index is -0.990. The van der Waals surface area contributed by atoms with Gasteiger partial charge in [-0.3, -0.25) is 14.5 Å². The number of rotatable bonds is 3. The number of hydrogen-bond acceptors (Lipinski definition) is 6. The molecule has 9 heteroatoms. The molecule has 0 aliphatic carbocycles. The Bertz CT molecular complexity index is 785. The minimum Gasteiger partial charge on any atom is -0.324 e. The highest BCUT2D eigenvalue weighted by Gasteiger charge is 2.44. The van der Waals surface area contributed by atoms with Crippen molar-refractivity contribution in [2.24, 2.45) is 0 Å². The second kappa shape index (κ2) is 5.02. The molecule has 22 heavy (non-hydrogen) atoms. The Morgan fingerprint density at radius 1 is 1.36 bits per heavy atom. The maximum atomic E-state index is 12.1. The van der Waals surface area contributed by atoms with Crippen molar-refractivity contribution in [2.75, 3.05) is 11.9 Å². The number of benzene rings is 1. The summed E-state index contributed by atoms with van der Waals surface area (Å²) in [6.07, 6.45) is 0. The third kappa shape index (κ3) is 2.39. The van der Waals surface area contributed by atoms with Gasteiger partial charge < -0.3 is 10.6 Å². The number of urea groups is 1. The molecule has 1 aliphatic heterocycles. The van der Waals surface area contributed by atoms with Crippen LogP contribution in [0.25, 0.3) is 11.0 Å². The Kier molecular flexibility index (Phi) is 3.28. The summed E-state index contributed by atoms with van der Waals surface area (Å²) in [6, 6.07) is 4.65. The molecule has 1 saturated heterocycles. The lowest BCUT2D eigenvalue weighted by Gasteiger charge is -2.15. The van der Waals surface area contributed by atoms with Crippen molar-refractivity contribution in [1.82, 2.24) is 19.0 Å². The minimum absolute atomic E-state index is 0.345. The van der Waals surface area contributed by atoms with Gasteiger partial charge in [0.15, 0.2) is 0 Å². The number of carbonyl (C=O) groups is 3. The standard InChI is InChI=1S/C13H13N5O3S/c1-13(2)11(20)18(12(21)15-13)6-9(19)14-7-4-3-5-8-10(7)17-22-16-8/h3-5H,6H2,1-2H3,(H,14,19)(H,15,21). The Labute approximate surface area is 129 Å². The van der Waals surface area contributed by atoms with Gasteiger partial charge in [0.2, 0.25) is 5.91 Å². The largest absolute Gasteiger partial charge is 0.325 e. The van der Waals surface area contributed by atoms with Gasteiger partial charge in [-0.1, -0.05) is 6.07 Å². The Hall–Kier alpha value is -2.55. The lowest BCUT2D eigenvalue weighted by Crippen LogP contribution is -2.41.